The van der Waals surface area contributed by atoms with Crippen molar-refractivity contribution in [2.75, 3.05) is 18.9 Å². The van der Waals surface area contributed by atoms with Crippen molar-refractivity contribution >= 4 is 22.9 Å². The molecule has 2 rings (SSSR count). The zero-order valence-electron chi connectivity index (χ0n) is 13.2. The number of nitrogens with zero attached hydrogens (tertiary/aromatic N) is 3. The van der Waals surface area contributed by atoms with E-state index in [0.29, 0.717) is 6.54 Å². The van der Waals surface area contributed by atoms with Crippen molar-refractivity contribution in [3.05, 3.63) is 33.3 Å². The Morgan fingerprint density at radius 1 is 1.43 bits per heavy atom. The maximum absolute atomic E-state index is 12.2. The fourth-order valence-corrected chi connectivity index (χ4v) is 3.23. The highest BCUT2D eigenvalue weighted by Gasteiger charge is 2.14. The van der Waals surface area contributed by atoms with Gasteiger partial charge in [0.1, 0.15) is 0 Å². The number of aromatic nitrogens is 2. The lowest BCUT2D eigenvalue weighted by atomic mass is 10.3. The van der Waals surface area contributed by atoms with Crippen molar-refractivity contribution in [2.24, 2.45) is 7.05 Å². The molecule has 0 bridgehead atoms. The molecule has 0 aliphatic heterocycles. The maximum atomic E-state index is 12.2. The van der Waals surface area contributed by atoms with Crippen LogP contribution in [-0.2, 0) is 18.4 Å². The monoisotopic (exact) mass is 306 g/mol. The highest BCUT2D eigenvalue weighted by Crippen LogP contribution is 2.19. The standard InChI is InChI=1S/C15H22N4OS/c1-10-6-7-21-13(10)8-18(4)9-14(20)16-15-11(2)17-19(5)12(15)3/h6-7H,8-9H2,1-5H3,(H,16,20). The van der Waals surface area contributed by atoms with E-state index in [-0.39, 0.29) is 5.91 Å². The summed E-state index contributed by atoms with van der Waals surface area (Å²) in [5.74, 6) is -0.00842. The second kappa shape index (κ2) is 6.41. The Hall–Kier alpha value is -1.66. The molecule has 0 aliphatic rings. The van der Waals surface area contributed by atoms with Crippen LogP contribution in [0.1, 0.15) is 21.8 Å². The Morgan fingerprint density at radius 3 is 2.67 bits per heavy atom. The second-order valence-electron chi connectivity index (χ2n) is 5.42. The number of likely N-dealkylation sites (N-methyl/N-ethyl adjacent to an activating group) is 1. The molecule has 5 nitrogen and oxygen atoms in total. The van der Waals surface area contributed by atoms with Gasteiger partial charge in [-0.1, -0.05) is 0 Å². The lowest BCUT2D eigenvalue weighted by Crippen LogP contribution is -2.30. The summed E-state index contributed by atoms with van der Waals surface area (Å²) in [4.78, 5) is 15.5. The zero-order chi connectivity index (χ0) is 15.6. The summed E-state index contributed by atoms with van der Waals surface area (Å²) >= 11 is 1.73. The van der Waals surface area contributed by atoms with Crippen LogP contribution in [0.5, 0.6) is 0 Å². The van der Waals surface area contributed by atoms with E-state index in [1.807, 2.05) is 32.8 Å². The lowest BCUT2D eigenvalue weighted by molar-refractivity contribution is -0.117. The van der Waals surface area contributed by atoms with Crippen LogP contribution in [0.15, 0.2) is 11.4 Å². The van der Waals surface area contributed by atoms with Gasteiger partial charge in [0, 0.05) is 18.5 Å². The predicted octanol–water partition coefficient (Wildman–Crippen LogP) is 2.48. The van der Waals surface area contributed by atoms with E-state index in [2.05, 4.69) is 28.8 Å². The molecule has 0 spiro atoms. The molecule has 0 radical (unpaired) electrons. The topological polar surface area (TPSA) is 50.2 Å². The number of aryl methyl sites for hydroxylation is 3. The van der Waals surface area contributed by atoms with Crippen molar-refractivity contribution < 1.29 is 4.79 Å². The summed E-state index contributed by atoms with van der Waals surface area (Å²) in [7, 11) is 3.84. The van der Waals surface area contributed by atoms with Crippen molar-refractivity contribution in [1.29, 1.82) is 0 Å². The van der Waals surface area contributed by atoms with Crippen LogP contribution in [0, 0.1) is 20.8 Å². The Kier molecular flexibility index (Phi) is 4.80. The highest BCUT2D eigenvalue weighted by atomic mass is 32.1. The van der Waals surface area contributed by atoms with Gasteiger partial charge in [-0.15, -0.1) is 11.3 Å². The Labute approximate surface area is 129 Å². The molecule has 2 aromatic rings. The fourth-order valence-electron chi connectivity index (χ4n) is 2.25. The van der Waals surface area contributed by atoms with Crippen LogP contribution in [0.3, 0.4) is 0 Å². The van der Waals surface area contributed by atoms with Gasteiger partial charge in [-0.05, 0) is 44.8 Å². The van der Waals surface area contributed by atoms with E-state index in [1.165, 1.54) is 10.4 Å². The summed E-state index contributed by atoms with van der Waals surface area (Å²) < 4.78 is 1.78. The number of hydrogen-bond donors (Lipinski definition) is 1. The first-order valence-electron chi connectivity index (χ1n) is 6.90. The van der Waals surface area contributed by atoms with Crippen LogP contribution in [0.4, 0.5) is 5.69 Å². The lowest BCUT2D eigenvalue weighted by Gasteiger charge is -2.16. The molecule has 1 amide bonds. The number of nitrogens with one attached hydrogen (secondary N) is 1. The summed E-state index contributed by atoms with van der Waals surface area (Å²) in [6, 6.07) is 2.11. The molecule has 0 saturated carbocycles. The van der Waals surface area contributed by atoms with Gasteiger partial charge < -0.3 is 5.32 Å². The number of thiophene rings is 1. The third-order valence-electron chi connectivity index (χ3n) is 3.57. The molecular formula is C15H22N4OS. The zero-order valence-corrected chi connectivity index (χ0v) is 14.0. The highest BCUT2D eigenvalue weighted by molar-refractivity contribution is 7.10. The van der Waals surface area contributed by atoms with Crippen LogP contribution >= 0.6 is 11.3 Å². The molecule has 0 aromatic carbocycles. The molecule has 1 N–H and O–H groups in total. The number of amides is 1. The molecule has 0 fully saturated rings. The molecular weight excluding hydrogens is 284 g/mol. The van der Waals surface area contributed by atoms with E-state index in [0.717, 1.165) is 23.6 Å². The normalized spacial score (nSPS) is 11.1. The molecule has 6 heteroatoms. The summed E-state index contributed by atoms with van der Waals surface area (Å²) in [5, 5.41) is 9.35. The van der Waals surface area contributed by atoms with Gasteiger partial charge in [-0.25, -0.2) is 0 Å². The molecule has 2 aromatic heterocycles. The first kappa shape index (κ1) is 15.7. The Balaban J connectivity index is 1.94. The van der Waals surface area contributed by atoms with Crippen molar-refractivity contribution in [3.8, 4) is 0 Å². The van der Waals surface area contributed by atoms with Crippen LogP contribution in [0.2, 0.25) is 0 Å². The molecule has 0 saturated heterocycles. The Morgan fingerprint density at radius 2 is 2.14 bits per heavy atom. The number of carbonyl (C=O) groups is 1. The first-order valence-corrected chi connectivity index (χ1v) is 7.78. The molecule has 21 heavy (non-hydrogen) atoms. The van der Waals surface area contributed by atoms with E-state index in [4.69, 9.17) is 0 Å². The third-order valence-corrected chi connectivity index (χ3v) is 4.58. The van der Waals surface area contributed by atoms with Gasteiger partial charge in [-0.2, -0.15) is 5.10 Å². The minimum Gasteiger partial charge on any atom is -0.322 e. The van der Waals surface area contributed by atoms with Crippen LogP contribution in [0.25, 0.3) is 0 Å². The third kappa shape index (κ3) is 3.71. The van der Waals surface area contributed by atoms with Gasteiger partial charge in [-0.3, -0.25) is 14.4 Å². The summed E-state index contributed by atoms with van der Waals surface area (Å²) in [6.07, 6.45) is 0. The van der Waals surface area contributed by atoms with Crippen molar-refractivity contribution in [3.63, 3.8) is 0 Å². The SMILES string of the molecule is Cc1ccsc1CN(C)CC(=O)Nc1c(C)nn(C)c1C. The number of anilines is 1. The smallest absolute Gasteiger partial charge is 0.238 e. The summed E-state index contributed by atoms with van der Waals surface area (Å²) in [5.41, 5.74) is 3.92. The summed E-state index contributed by atoms with van der Waals surface area (Å²) in [6.45, 7) is 7.12. The average molecular weight is 306 g/mol. The van der Waals surface area contributed by atoms with Crippen molar-refractivity contribution in [1.82, 2.24) is 14.7 Å². The molecule has 2 heterocycles. The number of carbonyl (C=O) groups excluding carboxylic acids is 1. The number of hydrogen-bond acceptors (Lipinski definition) is 4. The maximum Gasteiger partial charge on any atom is 0.238 e. The van der Waals surface area contributed by atoms with E-state index in [9.17, 15) is 4.79 Å². The van der Waals surface area contributed by atoms with Gasteiger partial charge in [0.15, 0.2) is 0 Å². The molecule has 0 unspecified atom stereocenters. The number of rotatable bonds is 5. The first-order chi connectivity index (χ1) is 9.88. The molecule has 0 aliphatic carbocycles. The quantitative estimate of drug-likeness (QED) is 0.923. The second-order valence-corrected chi connectivity index (χ2v) is 6.42. The molecule has 0 atom stereocenters. The molecule has 114 valence electrons. The van der Waals surface area contributed by atoms with E-state index < -0.39 is 0 Å². The fraction of sp³-hybridized carbons (Fsp3) is 0.467. The predicted molar refractivity (Wildman–Crippen MR) is 86.7 cm³/mol. The van der Waals surface area contributed by atoms with Gasteiger partial charge in [0.2, 0.25) is 5.91 Å². The van der Waals surface area contributed by atoms with Gasteiger partial charge in [0.25, 0.3) is 0 Å². The van der Waals surface area contributed by atoms with Crippen LogP contribution in [-0.4, -0.2) is 34.2 Å². The van der Waals surface area contributed by atoms with Gasteiger partial charge in [0.05, 0.1) is 23.6 Å². The largest absolute Gasteiger partial charge is 0.322 e. The minimum atomic E-state index is -0.00842. The Bertz CT molecular complexity index is 644. The van der Waals surface area contributed by atoms with Crippen LogP contribution < -0.4 is 5.32 Å². The average Bonchev–Trinajstić information content (AvgIpc) is 2.89. The minimum absolute atomic E-state index is 0.00842. The van der Waals surface area contributed by atoms with Gasteiger partial charge >= 0.3 is 0 Å². The van der Waals surface area contributed by atoms with E-state index >= 15 is 0 Å². The van der Waals surface area contributed by atoms with E-state index in [1.54, 1.807) is 16.0 Å². The van der Waals surface area contributed by atoms with Crippen molar-refractivity contribution in [2.45, 2.75) is 27.3 Å².